The van der Waals surface area contributed by atoms with Crippen molar-refractivity contribution in [1.29, 1.82) is 0 Å². The molecule has 3 rings (SSSR count). The number of nitrogens with one attached hydrogen (secondary N) is 1. The highest BCUT2D eigenvalue weighted by atomic mass is 35.5. The zero-order chi connectivity index (χ0) is 14.2. The first-order chi connectivity index (χ1) is 9.56. The molecule has 1 atom stereocenters. The summed E-state index contributed by atoms with van der Waals surface area (Å²) in [7, 11) is -3.73. The van der Waals surface area contributed by atoms with Gasteiger partial charge in [0.05, 0.1) is 23.4 Å². The van der Waals surface area contributed by atoms with E-state index in [1.54, 1.807) is 30.5 Å². The van der Waals surface area contributed by atoms with Gasteiger partial charge in [0.15, 0.2) is 0 Å². The lowest BCUT2D eigenvalue weighted by Gasteiger charge is -2.11. The number of rotatable bonds is 4. The summed E-state index contributed by atoms with van der Waals surface area (Å²) < 4.78 is 32.6. The first kappa shape index (κ1) is 13.4. The maximum absolute atomic E-state index is 12.5. The van der Waals surface area contributed by atoms with Crippen molar-refractivity contribution in [2.24, 2.45) is 0 Å². The van der Waals surface area contributed by atoms with Crippen molar-refractivity contribution in [2.75, 3.05) is 11.3 Å². The molecular weight excluding hydrogens is 300 g/mol. The molecular formula is C13H11ClN2O3S. The molecule has 0 bridgehead atoms. The highest BCUT2D eigenvalue weighted by molar-refractivity contribution is 7.92. The smallest absolute Gasteiger partial charge is 0.262 e. The number of pyridine rings is 1. The van der Waals surface area contributed by atoms with Crippen LogP contribution in [0.25, 0.3) is 0 Å². The van der Waals surface area contributed by atoms with E-state index >= 15 is 0 Å². The van der Waals surface area contributed by atoms with Crippen LogP contribution in [0.1, 0.15) is 11.7 Å². The second-order valence-electron chi connectivity index (χ2n) is 4.35. The lowest BCUT2D eigenvalue weighted by Crippen LogP contribution is -2.15. The topological polar surface area (TPSA) is 71.6 Å². The fraction of sp³-hybridized carbons (Fsp3) is 0.154. The van der Waals surface area contributed by atoms with E-state index in [0.29, 0.717) is 22.9 Å². The van der Waals surface area contributed by atoms with Crippen molar-refractivity contribution in [1.82, 2.24) is 4.98 Å². The number of hydrogen-bond donors (Lipinski definition) is 1. The SMILES string of the molecule is O=S(=O)(Nc1cccnc1)c1cc(Cl)ccc1C1CO1. The summed E-state index contributed by atoms with van der Waals surface area (Å²) in [6.45, 7) is 0.525. The van der Waals surface area contributed by atoms with Crippen LogP contribution in [0.4, 0.5) is 5.69 Å². The Labute approximate surface area is 121 Å². The fourth-order valence-electron chi connectivity index (χ4n) is 1.87. The minimum absolute atomic E-state index is 0.136. The maximum Gasteiger partial charge on any atom is 0.262 e. The van der Waals surface area contributed by atoms with Crippen molar-refractivity contribution in [3.05, 3.63) is 53.3 Å². The zero-order valence-corrected chi connectivity index (χ0v) is 11.9. The van der Waals surface area contributed by atoms with Crippen LogP contribution in [-0.4, -0.2) is 20.0 Å². The van der Waals surface area contributed by atoms with Crippen LogP contribution in [-0.2, 0) is 14.8 Å². The average Bonchev–Trinajstić information content (AvgIpc) is 3.24. The fourth-order valence-corrected chi connectivity index (χ4v) is 3.44. The van der Waals surface area contributed by atoms with E-state index in [2.05, 4.69) is 9.71 Å². The normalized spacial score (nSPS) is 17.8. The minimum atomic E-state index is -3.73. The number of benzene rings is 1. The van der Waals surface area contributed by atoms with Gasteiger partial charge in [-0.05, 0) is 24.3 Å². The number of ether oxygens (including phenoxy) is 1. The molecule has 1 saturated heterocycles. The molecule has 1 aromatic carbocycles. The molecule has 20 heavy (non-hydrogen) atoms. The Hall–Kier alpha value is -1.63. The number of halogens is 1. The molecule has 1 fully saturated rings. The Morgan fingerprint density at radius 1 is 1.35 bits per heavy atom. The van der Waals surface area contributed by atoms with Crippen LogP contribution in [0.15, 0.2) is 47.6 Å². The molecule has 1 aromatic heterocycles. The highest BCUT2D eigenvalue weighted by Gasteiger charge is 2.31. The van der Waals surface area contributed by atoms with Gasteiger partial charge < -0.3 is 4.74 Å². The quantitative estimate of drug-likeness (QED) is 0.881. The van der Waals surface area contributed by atoms with Crippen LogP contribution in [0, 0.1) is 0 Å². The number of epoxide rings is 1. The van der Waals surface area contributed by atoms with Gasteiger partial charge in [0.1, 0.15) is 6.10 Å². The zero-order valence-electron chi connectivity index (χ0n) is 10.3. The maximum atomic E-state index is 12.5. The van der Waals surface area contributed by atoms with Gasteiger partial charge in [0, 0.05) is 16.8 Å². The lowest BCUT2D eigenvalue weighted by atomic mass is 10.2. The molecule has 0 spiro atoms. The van der Waals surface area contributed by atoms with Crippen LogP contribution >= 0.6 is 11.6 Å². The van der Waals surface area contributed by atoms with Crippen LogP contribution < -0.4 is 4.72 Å². The molecule has 2 aromatic rings. The van der Waals surface area contributed by atoms with E-state index in [1.165, 1.54) is 12.3 Å². The molecule has 104 valence electrons. The van der Waals surface area contributed by atoms with Crippen molar-refractivity contribution in [2.45, 2.75) is 11.0 Å². The van der Waals surface area contributed by atoms with Crippen molar-refractivity contribution in [3.8, 4) is 0 Å². The molecule has 2 heterocycles. The average molecular weight is 311 g/mol. The molecule has 7 heteroatoms. The predicted octanol–water partition coefficient (Wildman–Crippen LogP) is 2.61. The van der Waals surface area contributed by atoms with Crippen molar-refractivity contribution in [3.63, 3.8) is 0 Å². The van der Waals surface area contributed by atoms with Crippen LogP contribution in [0.3, 0.4) is 0 Å². The molecule has 1 aliphatic rings. The summed E-state index contributed by atoms with van der Waals surface area (Å²) in [4.78, 5) is 4.01. The van der Waals surface area contributed by atoms with E-state index in [-0.39, 0.29) is 11.0 Å². The van der Waals surface area contributed by atoms with Gasteiger partial charge in [-0.2, -0.15) is 0 Å². The second kappa shape index (κ2) is 5.05. The van der Waals surface area contributed by atoms with E-state index in [1.807, 2.05) is 0 Å². The number of nitrogens with zero attached hydrogens (tertiary/aromatic N) is 1. The number of aromatic nitrogens is 1. The summed E-state index contributed by atoms with van der Waals surface area (Å²) in [6.07, 6.45) is 2.84. The molecule has 0 amide bonds. The third-order valence-corrected chi connectivity index (χ3v) is 4.53. The molecule has 1 aliphatic heterocycles. The molecule has 5 nitrogen and oxygen atoms in total. The molecule has 1 N–H and O–H groups in total. The van der Waals surface area contributed by atoms with Gasteiger partial charge in [-0.3, -0.25) is 9.71 Å². The Balaban J connectivity index is 2.00. The largest absolute Gasteiger partial charge is 0.368 e. The van der Waals surface area contributed by atoms with E-state index in [0.717, 1.165) is 0 Å². The number of hydrogen-bond acceptors (Lipinski definition) is 4. The molecule has 0 aliphatic carbocycles. The Kier molecular flexibility index (Phi) is 3.37. The van der Waals surface area contributed by atoms with Crippen molar-refractivity contribution >= 4 is 27.3 Å². The Bertz CT molecular complexity index is 731. The van der Waals surface area contributed by atoms with Gasteiger partial charge in [-0.1, -0.05) is 17.7 Å². The molecule has 1 unspecified atom stereocenters. The second-order valence-corrected chi connectivity index (χ2v) is 6.44. The van der Waals surface area contributed by atoms with Gasteiger partial charge in [0.25, 0.3) is 10.0 Å². The summed E-state index contributed by atoms with van der Waals surface area (Å²) in [5, 5.41) is 0.362. The lowest BCUT2D eigenvalue weighted by molar-refractivity contribution is 0.412. The van der Waals surface area contributed by atoms with Gasteiger partial charge in [-0.25, -0.2) is 8.42 Å². The monoisotopic (exact) mass is 310 g/mol. The molecule has 0 radical (unpaired) electrons. The summed E-state index contributed by atoms with van der Waals surface area (Å²) >= 11 is 5.91. The Morgan fingerprint density at radius 3 is 2.80 bits per heavy atom. The first-order valence-corrected chi connectivity index (χ1v) is 7.76. The van der Waals surface area contributed by atoms with Crippen LogP contribution in [0.5, 0.6) is 0 Å². The molecule has 0 saturated carbocycles. The summed E-state index contributed by atoms with van der Waals surface area (Å²) in [5.41, 5.74) is 1.01. The summed E-state index contributed by atoms with van der Waals surface area (Å²) in [6, 6.07) is 8.04. The first-order valence-electron chi connectivity index (χ1n) is 5.90. The third kappa shape index (κ3) is 2.77. The van der Waals surface area contributed by atoms with E-state index in [9.17, 15) is 8.42 Å². The predicted molar refractivity (Wildman–Crippen MR) is 75.2 cm³/mol. The van der Waals surface area contributed by atoms with Gasteiger partial charge in [0.2, 0.25) is 0 Å². The van der Waals surface area contributed by atoms with E-state index in [4.69, 9.17) is 16.3 Å². The third-order valence-electron chi connectivity index (χ3n) is 2.86. The highest BCUT2D eigenvalue weighted by Crippen LogP contribution is 2.36. The van der Waals surface area contributed by atoms with Gasteiger partial charge in [-0.15, -0.1) is 0 Å². The van der Waals surface area contributed by atoms with Crippen LogP contribution in [0.2, 0.25) is 5.02 Å². The van der Waals surface area contributed by atoms with Crippen molar-refractivity contribution < 1.29 is 13.2 Å². The van der Waals surface area contributed by atoms with Gasteiger partial charge >= 0.3 is 0 Å². The standard InChI is InChI=1S/C13H11ClN2O3S/c14-9-3-4-11(12-8-19-12)13(6-9)20(17,18)16-10-2-1-5-15-7-10/h1-7,12,16H,8H2. The minimum Gasteiger partial charge on any atom is -0.368 e. The number of sulfonamides is 1. The summed E-state index contributed by atoms with van der Waals surface area (Å²) in [5.74, 6) is 0. The Morgan fingerprint density at radius 2 is 2.15 bits per heavy atom. The van der Waals surface area contributed by atoms with E-state index < -0.39 is 10.0 Å². The number of anilines is 1.